The Morgan fingerprint density at radius 3 is 2.61 bits per heavy atom. The van der Waals surface area contributed by atoms with E-state index in [0.717, 1.165) is 51.2 Å². The number of nitrogens with zero attached hydrogens (tertiary/aromatic N) is 3. The molecule has 1 aromatic carbocycles. The van der Waals surface area contributed by atoms with E-state index in [1.54, 1.807) is 7.11 Å². The Kier molecular flexibility index (Phi) is 6.74. The van der Waals surface area contributed by atoms with Crippen LogP contribution in [0.3, 0.4) is 0 Å². The molecule has 3 fully saturated rings. The van der Waals surface area contributed by atoms with Gasteiger partial charge in [0, 0.05) is 38.8 Å². The predicted molar refractivity (Wildman–Crippen MR) is 129 cm³/mol. The average molecular weight is 457 g/mol. The molecule has 33 heavy (non-hydrogen) atoms. The van der Waals surface area contributed by atoms with Crippen LogP contribution in [0.25, 0.3) is 0 Å². The molecule has 182 valence electrons. The van der Waals surface area contributed by atoms with Crippen LogP contribution < -0.4 is 10.1 Å². The maximum atomic E-state index is 13.3. The van der Waals surface area contributed by atoms with Crippen LogP contribution in [0.15, 0.2) is 24.3 Å². The van der Waals surface area contributed by atoms with E-state index in [0.29, 0.717) is 13.0 Å². The molecular formula is C26H40N4O3. The van der Waals surface area contributed by atoms with E-state index in [4.69, 9.17) is 4.74 Å². The van der Waals surface area contributed by atoms with Crippen LogP contribution in [-0.2, 0) is 16.1 Å². The van der Waals surface area contributed by atoms with Crippen LogP contribution >= 0.6 is 0 Å². The summed E-state index contributed by atoms with van der Waals surface area (Å²) in [6.07, 6.45) is 2.75. The van der Waals surface area contributed by atoms with Crippen LogP contribution in [0.1, 0.15) is 52.0 Å². The van der Waals surface area contributed by atoms with Crippen LogP contribution in [0.4, 0.5) is 0 Å². The number of piperidine rings is 1. The number of methoxy groups -OCH3 is 1. The van der Waals surface area contributed by atoms with E-state index >= 15 is 0 Å². The van der Waals surface area contributed by atoms with Gasteiger partial charge in [-0.1, -0.05) is 32.9 Å². The molecule has 0 unspecified atom stereocenters. The van der Waals surface area contributed by atoms with E-state index in [-0.39, 0.29) is 29.3 Å². The minimum atomic E-state index is -0.407. The molecule has 3 aliphatic rings. The van der Waals surface area contributed by atoms with Crippen molar-refractivity contribution in [3.05, 3.63) is 29.8 Å². The molecule has 7 nitrogen and oxygen atoms in total. The Bertz CT molecular complexity index is 845. The average Bonchev–Trinajstić information content (AvgIpc) is 3.17. The zero-order chi connectivity index (χ0) is 23.8. The first-order chi connectivity index (χ1) is 15.6. The number of amides is 2. The van der Waals surface area contributed by atoms with E-state index in [2.05, 4.69) is 55.1 Å². The monoisotopic (exact) mass is 456 g/mol. The minimum absolute atomic E-state index is 0.0359. The van der Waals surface area contributed by atoms with Crippen molar-refractivity contribution in [3.8, 4) is 5.75 Å². The van der Waals surface area contributed by atoms with Crippen molar-refractivity contribution in [2.75, 3.05) is 40.3 Å². The predicted octanol–water partition coefficient (Wildman–Crippen LogP) is 2.50. The molecule has 4 rings (SSSR count). The number of rotatable bonds is 5. The summed E-state index contributed by atoms with van der Waals surface area (Å²) in [6.45, 7) is 10.9. The zero-order valence-corrected chi connectivity index (χ0v) is 20.9. The highest BCUT2D eigenvalue weighted by molar-refractivity contribution is 5.92. The smallest absolute Gasteiger partial charge is 0.243 e. The summed E-state index contributed by atoms with van der Waals surface area (Å²) in [5, 5.41) is 3.34. The van der Waals surface area contributed by atoms with Crippen molar-refractivity contribution in [1.29, 1.82) is 0 Å². The van der Waals surface area contributed by atoms with E-state index < -0.39 is 5.54 Å². The van der Waals surface area contributed by atoms with Crippen LogP contribution in [0.2, 0.25) is 0 Å². The molecule has 1 N–H and O–H groups in total. The largest absolute Gasteiger partial charge is 0.497 e. The van der Waals surface area contributed by atoms with Crippen LogP contribution in [0.5, 0.6) is 5.75 Å². The molecule has 0 bridgehead atoms. The van der Waals surface area contributed by atoms with Crippen molar-refractivity contribution in [1.82, 2.24) is 20.0 Å². The zero-order valence-electron chi connectivity index (χ0n) is 20.9. The second kappa shape index (κ2) is 9.26. The van der Waals surface area contributed by atoms with Gasteiger partial charge in [-0.05, 0) is 49.4 Å². The molecule has 0 radical (unpaired) electrons. The van der Waals surface area contributed by atoms with Gasteiger partial charge in [0.15, 0.2) is 0 Å². The Morgan fingerprint density at radius 2 is 1.94 bits per heavy atom. The Hall–Kier alpha value is -2.12. The third-order valence-electron chi connectivity index (χ3n) is 7.48. The number of hydrogen-bond donors (Lipinski definition) is 1. The van der Waals surface area contributed by atoms with Gasteiger partial charge in [-0.25, -0.2) is 0 Å². The van der Waals surface area contributed by atoms with Gasteiger partial charge in [-0.15, -0.1) is 0 Å². The molecule has 1 aromatic rings. The Balaban J connectivity index is 1.37. The van der Waals surface area contributed by atoms with E-state index in [1.165, 1.54) is 5.56 Å². The maximum Gasteiger partial charge on any atom is 0.243 e. The summed E-state index contributed by atoms with van der Waals surface area (Å²) >= 11 is 0. The van der Waals surface area contributed by atoms with Crippen molar-refractivity contribution >= 4 is 11.8 Å². The van der Waals surface area contributed by atoms with Gasteiger partial charge in [0.05, 0.1) is 19.1 Å². The van der Waals surface area contributed by atoms with Crippen molar-refractivity contribution < 1.29 is 14.3 Å². The number of likely N-dealkylation sites (N-methyl/N-ethyl adjacent to an activating group) is 1. The first kappa shape index (κ1) is 24.0. The molecule has 2 amide bonds. The highest BCUT2D eigenvalue weighted by atomic mass is 16.5. The first-order valence-corrected chi connectivity index (χ1v) is 12.2. The molecule has 0 saturated carbocycles. The van der Waals surface area contributed by atoms with Gasteiger partial charge in [-0.2, -0.15) is 0 Å². The summed E-state index contributed by atoms with van der Waals surface area (Å²) < 4.78 is 5.34. The van der Waals surface area contributed by atoms with E-state index in [1.807, 2.05) is 17.0 Å². The molecular weight excluding hydrogens is 416 g/mol. The van der Waals surface area contributed by atoms with E-state index in [9.17, 15) is 9.59 Å². The molecule has 3 aliphatic heterocycles. The third-order valence-corrected chi connectivity index (χ3v) is 7.48. The molecule has 3 heterocycles. The first-order valence-electron chi connectivity index (χ1n) is 12.2. The number of nitrogens with one attached hydrogen (secondary N) is 1. The second-order valence-corrected chi connectivity index (χ2v) is 11.5. The fourth-order valence-electron chi connectivity index (χ4n) is 5.78. The summed E-state index contributed by atoms with van der Waals surface area (Å²) in [4.78, 5) is 33.1. The maximum absolute atomic E-state index is 13.3. The molecule has 0 aromatic heterocycles. The number of fused-ring (bicyclic) bond motifs is 1. The van der Waals surface area contributed by atoms with Gasteiger partial charge in [0.1, 0.15) is 11.8 Å². The fraction of sp³-hybridized carbons (Fsp3) is 0.692. The minimum Gasteiger partial charge on any atom is -0.497 e. The molecule has 0 aliphatic carbocycles. The number of carbonyl (C=O) groups is 2. The fourth-order valence-corrected chi connectivity index (χ4v) is 5.78. The lowest BCUT2D eigenvalue weighted by Crippen LogP contribution is -2.56. The molecule has 1 spiro atoms. The van der Waals surface area contributed by atoms with Gasteiger partial charge in [0.25, 0.3) is 0 Å². The third kappa shape index (κ3) is 5.52. The normalized spacial score (nSPS) is 25.8. The number of hydrogen-bond acceptors (Lipinski definition) is 5. The summed E-state index contributed by atoms with van der Waals surface area (Å²) in [7, 11) is 3.80. The molecule has 3 saturated heterocycles. The van der Waals surface area contributed by atoms with Gasteiger partial charge in [-0.3, -0.25) is 14.5 Å². The van der Waals surface area contributed by atoms with Crippen LogP contribution in [-0.4, -0.2) is 84.5 Å². The van der Waals surface area contributed by atoms with Gasteiger partial charge < -0.3 is 19.9 Å². The molecule has 2 atom stereocenters. The Morgan fingerprint density at radius 1 is 1.21 bits per heavy atom. The number of likely N-dealkylation sites (tertiary alicyclic amines) is 1. The lowest BCUT2D eigenvalue weighted by atomic mass is 9.84. The standard InChI is InChI=1S/C26H40N4O3/c1-25(2,3)18-28(4)20-14-22-24(32)27-26(15-23(31)30(22)17-20)9-11-29(12-10-26)16-19-7-6-8-21(13-19)33-5/h6-8,13,20,22H,9-12,14-18H2,1-5H3,(H,27,32)/t20-,22-/m0/s1. The van der Waals surface area contributed by atoms with Crippen LogP contribution in [0, 0.1) is 5.41 Å². The topological polar surface area (TPSA) is 65.1 Å². The summed E-state index contributed by atoms with van der Waals surface area (Å²) in [5.74, 6) is 1.04. The van der Waals surface area contributed by atoms with Crippen molar-refractivity contribution in [3.63, 3.8) is 0 Å². The Labute approximate surface area is 198 Å². The van der Waals surface area contributed by atoms with Crippen molar-refractivity contribution in [2.24, 2.45) is 5.41 Å². The number of benzene rings is 1. The lowest BCUT2D eigenvalue weighted by Gasteiger charge is -2.41. The molecule has 7 heteroatoms. The van der Waals surface area contributed by atoms with Gasteiger partial charge >= 0.3 is 0 Å². The SMILES string of the molecule is COc1cccc(CN2CCC3(CC2)CC(=O)N2C[C@@H](N(C)CC(C)(C)C)C[C@H]2C(=O)N3)c1. The highest BCUT2D eigenvalue weighted by Crippen LogP contribution is 2.34. The number of carbonyl (C=O) groups excluding carboxylic acids is 2. The second-order valence-electron chi connectivity index (χ2n) is 11.5. The quantitative estimate of drug-likeness (QED) is 0.738. The lowest BCUT2D eigenvalue weighted by molar-refractivity contribution is -0.135. The number of ether oxygens (including phenoxy) is 1. The summed E-state index contributed by atoms with van der Waals surface area (Å²) in [6, 6.07) is 8.07. The van der Waals surface area contributed by atoms with Crippen molar-refractivity contribution in [2.45, 2.75) is 70.6 Å². The highest BCUT2D eigenvalue weighted by Gasteiger charge is 2.49. The van der Waals surface area contributed by atoms with Gasteiger partial charge in [0.2, 0.25) is 11.8 Å². The summed E-state index contributed by atoms with van der Waals surface area (Å²) in [5.41, 5.74) is 0.998.